The highest BCUT2D eigenvalue weighted by Crippen LogP contribution is 2.30. The monoisotopic (exact) mass is 250 g/mol. The van der Waals surface area contributed by atoms with Gasteiger partial charge in [0.2, 0.25) is 0 Å². The molecule has 1 aromatic rings. The zero-order valence-electron chi connectivity index (χ0n) is 8.77. The van der Waals surface area contributed by atoms with E-state index in [0.717, 1.165) is 5.56 Å². The van der Waals surface area contributed by atoms with E-state index in [-0.39, 0.29) is 24.1 Å². The van der Waals surface area contributed by atoms with Crippen LogP contribution in [0.5, 0.6) is 0 Å². The van der Waals surface area contributed by atoms with Gasteiger partial charge in [0.15, 0.2) is 0 Å². The summed E-state index contributed by atoms with van der Waals surface area (Å²) in [4.78, 5) is 0. The Bertz CT molecular complexity index is 352. The summed E-state index contributed by atoms with van der Waals surface area (Å²) in [6.45, 7) is 2.09. The molecule has 0 radical (unpaired) electrons. The molecule has 6 heteroatoms. The van der Waals surface area contributed by atoms with Gasteiger partial charge in [0.1, 0.15) is 0 Å². The fourth-order valence-corrected chi connectivity index (χ4v) is 1.62. The van der Waals surface area contributed by atoms with Crippen molar-refractivity contribution in [3.05, 3.63) is 23.8 Å². The molecule has 0 aliphatic rings. The van der Waals surface area contributed by atoms with Gasteiger partial charge in [-0.2, -0.15) is 13.2 Å². The minimum atomic E-state index is -4.17. The minimum Gasteiger partial charge on any atom is -0.397 e. The zero-order chi connectivity index (χ0) is 12.2. The van der Waals surface area contributed by atoms with Crippen molar-refractivity contribution in [2.75, 3.05) is 23.3 Å². The van der Waals surface area contributed by atoms with Gasteiger partial charge < -0.3 is 11.1 Å². The number of para-hydroxylation sites is 1. The van der Waals surface area contributed by atoms with E-state index >= 15 is 0 Å². The third kappa shape index (κ3) is 4.22. The van der Waals surface area contributed by atoms with Crippen LogP contribution in [0.1, 0.15) is 5.56 Å². The summed E-state index contributed by atoms with van der Waals surface area (Å²) >= 11 is -0.0404. The second-order valence-corrected chi connectivity index (χ2v) is 4.42. The highest BCUT2D eigenvalue weighted by molar-refractivity contribution is 8.00. The van der Waals surface area contributed by atoms with Crippen LogP contribution in [0, 0.1) is 6.92 Å². The Morgan fingerprint density at radius 2 is 2.06 bits per heavy atom. The smallest absolute Gasteiger partial charge is 0.397 e. The molecule has 0 aliphatic heterocycles. The van der Waals surface area contributed by atoms with E-state index in [1.165, 1.54) is 0 Å². The molecule has 0 aliphatic carbocycles. The Morgan fingerprint density at radius 3 is 2.69 bits per heavy atom. The van der Waals surface area contributed by atoms with E-state index in [1.54, 1.807) is 6.07 Å². The first-order valence-corrected chi connectivity index (χ1v) is 5.68. The Labute approximate surface area is 96.4 Å². The molecule has 0 atom stereocenters. The van der Waals surface area contributed by atoms with Crippen molar-refractivity contribution >= 4 is 23.1 Å². The van der Waals surface area contributed by atoms with Crippen LogP contribution < -0.4 is 11.1 Å². The second-order valence-electron chi connectivity index (χ2n) is 3.26. The van der Waals surface area contributed by atoms with Gasteiger partial charge in [0.05, 0.1) is 11.4 Å². The summed E-state index contributed by atoms with van der Waals surface area (Å²) in [5.41, 5.74) is 3.77. The standard InChI is InChI=1S/C10H13F3N2S/c1-7-3-2-4-8(9(7)14)15-5-6-16-10(11,12)13/h2-4,15H,5-6,14H2,1H3. The lowest BCUT2D eigenvalue weighted by molar-refractivity contribution is -0.0327. The van der Waals surface area contributed by atoms with Gasteiger partial charge in [-0.15, -0.1) is 0 Å². The number of nitrogens with one attached hydrogen (secondary N) is 1. The molecule has 0 unspecified atom stereocenters. The SMILES string of the molecule is Cc1cccc(NCCSC(F)(F)F)c1N. The second kappa shape index (κ2) is 5.34. The van der Waals surface area contributed by atoms with Gasteiger partial charge in [-0.3, -0.25) is 0 Å². The van der Waals surface area contributed by atoms with E-state index in [4.69, 9.17) is 5.73 Å². The molecule has 3 N–H and O–H groups in total. The van der Waals surface area contributed by atoms with Crippen molar-refractivity contribution in [2.45, 2.75) is 12.4 Å². The number of halogens is 3. The molecule has 0 heterocycles. The molecule has 16 heavy (non-hydrogen) atoms. The third-order valence-corrected chi connectivity index (χ3v) is 2.74. The summed E-state index contributed by atoms with van der Waals surface area (Å²) in [7, 11) is 0. The van der Waals surface area contributed by atoms with Gasteiger partial charge in [0, 0.05) is 12.3 Å². The topological polar surface area (TPSA) is 38.0 Å². The maximum atomic E-state index is 11.8. The fraction of sp³-hybridized carbons (Fsp3) is 0.400. The van der Waals surface area contributed by atoms with Crippen LogP contribution in [-0.2, 0) is 0 Å². The fourth-order valence-electron chi connectivity index (χ4n) is 1.19. The number of benzene rings is 1. The summed E-state index contributed by atoms with van der Waals surface area (Å²) in [5.74, 6) is -0.0309. The molecule has 0 amide bonds. The first-order valence-electron chi connectivity index (χ1n) is 4.70. The Balaban J connectivity index is 2.41. The van der Waals surface area contributed by atoms with Gasteiger partial charge in [-0.25, -0.2) is 0 Å². The molecule has 0 spiro atoms. The number of hydrogen-bond donors (Lipinski definition) is 2. The zero-order valence-corrected chi connectivity index (χ0v) is 9.58. The van der Waals surface area contributed by atoms with Crippen molar-refractivity contribution in [1.82, 2.24) is 0 Å². The molecule has 0 bridgehead atoms. The molecule has 0 fully saturated rings. The molecule has 0 saturated carbocycles. The van der Waals surface area contributed by atoms with Crippen molar-refractivity contribution in [2.24, 2.45) is 0 Å². The lowest BCUT2D eigenvalue weighted by atomic mass is 10.2. The third-order valence-electron chi connectivity index (χ3n) is 2.01. The molecule has 0 saturated heterocycles. The van der Waals surface area contributed by atoms with E-state index in [2.05, 4.69) is 5.32 Å². The summed E-state index contributed by atoms with van der Waals surface area (Å²) in [6.07, 6.45) is 0. The largest absolute Gasteiger partial charge is 0.441 e. The first-order chi connectivity index (χ1) is 7.40. The van der Waals surface area contributed by atoms with E-state index in [9.17, 15) is 13.2 Å². The normalized spacial score (nSPS) is 11.5. The summed E-state index contributed by atoms with van der Waals surface area (Å²) in [5, 5.41) is 2.88. The number of alkyl halides is 3. The summed E-state index contributed by atoms with van der Waals surface area (Å²) < 4.78 is 35.5. The number of anilines is 2. The maximum Gasteiger partial charge on any atom is 0.441 e. The molecule has 1 rings (SSSR count). The van der Waals surface area contributed by atoms with E-state index in [1.807, 2.05) is 19.1 Å². The van der Waals surface area contributed by atoms with E-state index in [0.29, 0.717) is 11.4 Å². The van der Waals surface area contributed by atoms with Crippen LogP contribution in [0.2, 0.25) is 0 Å². The van der Waals surface area contributed by atoms with E-state index < -0.39 is 5.51 Å². The van der Waals surface area contributed by atoms with Crippen LogP contribution >= 0.6 is 11.8 Å². The predicted octanol–water partition coefficient (Wildman–Crippen LogP) is 3.24. The Morgan fingerprint density at radius 1 is 1.38 bits per heavy atom. The number of thioether (sulfide) groups is 1. The first kappa shape index (κ1) is 13.0. The van der Waals surface area contributed by atoms with Crippen molar-refractivity contribution < 1.29 is 13.2 Å². The highest BCUT2D eigenvalue weighted by Gasteiger charge is 2.27. The molecule has 1 aromatic carbocycles. The predicted molar refractivity (Wildman–Crippen MR) is 62.6 cm³/mol. The number of nitrogen functional groups attached to an aromatic ring is 1. The molecule has 0 aromatic heterocycles. The van der Waals surface area contributed by atoms with Gasteiger partial charge in [-0.1, -0.05) is 12.1 Å². The lowest BCUT2D eigenvalue weighted by Gasteiger charge is -2.11. The molecular weight excluding hydrogens is 237 g/mol. The van der Waals surface area contributed by atoms with Gasteiger partial charge >= 0.3 is 5.51 Å². The number of hydrogen-bond acceptors (Lipinski definition) is 3. The maximum absolute atomic E-state index is 11.8. The van der Waals surface area contributed by atoms with Crippen molar-refractivity contribution in [3.63, 3.8) is 0 Å². The van der Waals surface area contributed by atoms with Crippen LogP contribution in [0.25, 0.3) is 0 Å². The van der Waals surface area contributed by atoms with Crippen molar-refractivity contribution in [1.29, 1.82) is 0 Å². The lowest BCUT2D eigenvalue weighted by Crippen LogP contribution is -2.10. The minimum absolute atomic E-state index is 0.0309. The molecule has 90 valence electrons. The highest BCUT2D eigenvalue weighted by atomic mass is 32.2. The van der Waals surface area contributed by atoms with Gasteiger partial charge in [0.25, 0.3) is 0 Å². The number of rotatable bonds is 4. The van der Waals surface area contributed by atoms with Crippen LogP contribution in [0.15, 0.2) is 18.2 Å². The van der Waals surface area contributed by atoms with Gasteiger partial charge in [-0.05, 0) is 30.3 Å². The van der Waals surface area contributed by atoms with Crippen LogP contribution in [0.4, 0.5) is 24.5 Å². The Kier molecular flexibility index (Phi) is 4.35. The quantitative estimate of drug-likeness (QED) is 0.636. The Hall–Kier alpha value is -1.04. The van der Waals surface area contributed by atoms with Crippen molar-refractivity contribution in [3.8, 4) is 0 Å². The molecular formula is C10H13F3N2S. The molecule has 2 nitrogen and oxygen atoms in total. The average molecular weight is 250 g/mol. The number of nitrogens with two attached hydrogens (primary N) is 1. The average Bonchev–Trinajstić information content (AvgIpc) is 2.17. The number of aryl methyl sites for hydroxylation is 1. The van der Waals surface area contributed by atoms with Crippen LogP contribution in [0.3, 0.4) is 0 Å². The van der Waals surface area contributed by atoms with Crippen LogP contribution in [-0.4, -0.2) is 17.8 Å². The summed E-state index contributed by atoms with van der Waals surface area (Å²) in [6, 6.07) is 5.41.